The molecule has 10 aromatic rings. The lowest BCUT2D eigenvalue weighted by molar-refractivity contribution is 0.669. The van der Waals surface area contributed by atoms with Gasteiger partial charge in [0, 0.05) is 43.7 Å². The highest BCUT2D eigenvalue weighted by atomic mass is 16.3. The van der Waals surface area contributed by atoms with E-state index in [2.05, 4.69) is 98.9 Å². The Bertz CT molecular complexity index is 3030. The van der Waals surface area contributed by atoms with Gasteiger partial charge in [0.1, 0.15) is 11.2 Å². The molecular weight excluding hydrogens is 601 g/mol. The Morgan fingerprint density at radius 2 is 1.04 bits per heavy atom. The largest absolute Gasteiger partial charge is 0.456 e. The molecule has 0 bridgehead atoms. The van der Waals surface area contributed by atoms with Gasteiger partial charge in [-0.15, -0.1) is 0 Å². The fraction of sp³-hybridized carbons (Fsp3) is 0. The van der Waals surface area contributed by atoms with Gasteiger partial charge in [-0.25, -0.2) is 4.85 Å². The third-order valence-electron chi connectivity index (χ3n) is 9.78. The Labute approximate surface area is 280 Å². The Kier molecular flexibility index (Phi) is 5.64. The van der Waals surface area contributed by atoms with Gasteiger partial charge < -0.3 is 13.6 Å². The normalized spacial score (nSPS) is 11.6. The van der Waals surface area contributed by atoms with Crippen LogP contribution < -0.4 is 0 Å². The summed E-state index contributed by atoms with van der Waals surface area (Å²) in [6.45, 7) is 8.24. The molecule has 49 heavy (non-hydrogen) atoms. The summed E-state index contributed by atoms with van der Waals surface area (Å²) >= 11 is 0. The Morgan fingerprint density at radius 3 is 1.69 bits per heavy atom. The summed E-state index contributed by atoms with van der Waals surface area (Å²) in [7, 11) is 0. The van der Waals surface area contributed by atoms with Crippen LogP contribution in [0.15, 0.2) is 150 Å². The van der Waals surface area contributed by atoms with E-state index in [1.54, 1.807) is 0 Å². The van der Waals surface area contributed by atoms with E-state index in [9.17, 15) is 5.26 Å². The number of hydrogen-bond acceptors (Lipinski definition) is 2. The Balaban J connectivity index is 1.15. The second-order valence-corrected chi connectivity index (χ2v) is 12.3. The van der Waals surface area contributed by atoms with Gasteiger partial charge in [0.05, 0.1) is 40.3 Å². The van der Waals surface area contributed by atoms with Crippen LogP contribution >= 0.6 is 0 Å². The second kappa shape index (κ2) is 10.2. The average Bonchev–Trinajstić information content (AvgIpc) is 3.80. The van der Waals surface area contributed by atoms with E-state index in [1.807, 2.05) is 66.7 Å². The molecule has 226 valence electrons. The van der Waals surface area contributed by atoms with Gasteiger partial charge in [-0.3, -0.25) is 0 Å². The number of aromatic nitrogens is 2. The summed E-state index contributed by atoms with van der Waals surface area (Å²) in [5, 5.41) is 17.1. The maximum absolute atomic E-state index is 10.4. The monoisotopic (exact) mass is 624 g/mol. The van der Waals surface area contributed by atoms with Crippen LogP contribution in [0.2, 0.25) is 0 Å². The number of fused-ring (bicyclic) bond motifs is 9. The predicted molar refractivity (Wildman–Crippen MR) is 199 cm³/mol. The third kappa shape index (κ3) is 3.85. The molecule has 10 rings (SSSR count). The van der Waals surface area contributed by atoms with Crippen LogP contribution in [0.3, 0.4) is 0 Å². The number of rotatable bonds is 3. The SMILES string of the molecule is [C-]#[N+]c1cc(-n2c3ccccc3c3cc4oc5ccccc5c4cc32)ccc1-c1ccc(-n2c3ccccc3c3ccccc32)cc1C#N. The van der Waals surface area contributed by atoms with E-state index >= 15 is 0 Å². The molecule has 5 nitrogen and oxygen atoms in total. The zero-order valence-electron chi connectivity index (χ0n) is 26.1. The van der Waals surface area contributed by atoms with Crippen LogP contribution in [0, 0.1) is 17.9 Å². The van der Waals surface area contributed by atoms with Gasteiger partial charge in [0.15, 0.2) is 5.69 Å². The van der Waals surface area contributed by atoms with Crippen molar-refractivity contribution in [1.29, 1.82) is 5.26 Å². The van der Waals surface area contributed by atoms with Crippen molar-refractivity contribution in [3.63, 3.8) is 0 Å². The Hall–Kier alpha value is -7.08. The Morgan fingerprint density at radius 1 is 0.490 bits per heavy atom. The summed E-state index contributed by atoms with van der Waals surface area (Å²) < 4.78 is 10.7. The number of nitrogens with zero attached hydrogens (tertiary/aromatic N) is 4. The van der Waals surface area contributed by atoms with Crippen molar-refractivity contribution in [2.75, 3.05) is 0 Å². The van der Waals surface area contributed by atoms with Crippen LogP contribution in [0.1, 0.15) is 5.56 Å². The lowest BCUT2D eigenvalue weighted by Crippen LogP contribution is -1.97. The summed E-state index contributed by atoms with van der Waals surface area (Å²) in [5.74, 6) is 0. The van der Waals surface area contributed by atoms with Gasteiger partial charge in [0.2, 0.25) is 0 Å². The molecule has 0 fully saturated rings. The van der Waals surface area contributed by atoms with Crippen LogP contribution in [0.4, 0.5) is 5.69 Å². The first kappa shape index (κ1) is 27.1. The van der Waals surface area contributed by atoms with Crippen molar-refractivity contribution >= 4 is 71.2 Å². The first-order valence-corrected chi connectivity index (χ1v) is 16.1. The number of nitriles is 1. The lowest BCUT2D eigenvalue weighted by Gasteiger charge is -2.14. The molecular formula is C44H24N4O. The molecule has 0 radical (unpaired) electrons. The van der Waals surface area contributed by atoms with E-state index < -0.39 is 0 Å². The summed E-state index contributed by atoms with van der Waals surface area (Å²) in [6.07, 6.45) is 0. The third-order valence-corrected chi connectivity index (χ3v) is 9.78. The first-order valence-electron chi connectivity index (χ1n) is 16.1. The molecule has 0 saturated carbocycles. The van der Waals surface area contributed by atoms with Crippen molar-refractivity contribution in [3.8, 4) is 28.6 Å². The number of para-hydroxylation sites is 4. The maximum Gasteiger partial charge on any atom is 0.197 e. The fourth-order valence-electron chi connectivity index (χ4n) is 7.64. The molecule has 0 unspecified atom stereocenters. The molecule has 0 N–H and O–H groups in total. The number of benzene rings is 7. The van der Waals surface area contributed by atoms with Gasteiger partial charge in [-0.05, 0) is 71.8 Å². The molecule has 7 aromatic carbocycles. The molecule has 0 aliphatic heterocycles. The topological polar surface area (TPSA) is 51.1 Å². The fourth-order valence-corrected chi connectivity index (χ4v) is 7.64. The quantitative estimate of drug-likeness (QED) is 0.184. The van der Waals surface area contributed by atoms with Gasteiger partial charge in [0.25, 0.3) is 0 Å². The minimum Gasteiger partial charge on any atom is -0.456 e. The average molecular weight is 625 g/mol. The standard InChI is InChI=1S/C44H24N4O/c1-46-38-23-29(48-41-16-8-4-12-34(41)36-25-44-37(24-42(36)48)35-13-5-9-17-43(35)49-44)19-21-31(38)30-20-18-28(22-27(30)26-45)47-39-14-6-2-10-32(39)33-11-3-7-15-40(33)47/h2-25H. The summed E-state index contributed by atoms with van der Waals surface area (Å²) in [4.78, 5) is 4.00. The molecule has 5 heteroatoms. The predicted octanol–water partition coefficient (Wildman–Crippen LogP) is 11.9. The van der Waals surface area contributed by atoms with Crippen molar-refractivity contribution in [2.24, 2.45) is 0 Å². The van der Waals surface area contributed by atoms with E-state index in [-0.39, 0.29) is 0 Å². The highest BCUT2D eigenvalue weighted by Gasteiger charge is 2.19. The summed E-state index contributed by atoms with van der Waals surface area (Å²) in [6, 6.07) is 51.8. The zero-order chi connectivity index (χ0) is 32.6. The molecule has 0 saturated heterocycles. The number of hydrogen-bond donors (Lipinski definition) is 0. The van der Waals surface area contributed by atoms with E-state index in [1.165, 1.54) is 10.8 Å². The molecule has 0 aliphatic rings. The molecule has 3 aromatic heterocycles. The van der Waals surface area contributed by atoms with E-state index in [4.69, 9.17) is 11.0 Å². The van der Waals surface area contributed by atoms with Crippen molar-refractivity contribution in [1.82, 2.24) is 9.13 Å². The van der Waals surface area contributed by atoms with Gasteiger partial charge in [-0.1, -0.05) is 84.9 Å². The number of furan rings is 1. The molecule has 0 atom stereocenters. The molecule has 0 spiro atoms. The maximum atomic E-state index is 10.4. The molecule has 3 heterocycles. The van der Waals surface area contributed by atoms with Gasteiger partial charge >= 0.3 is 0 Å². The van der Waals surface area contributed by atoms with Crippen molar-refractivity contribution in [3.05, 3.63) is 163 Å². The second-order valence-electron chi connectivity index (χ2n) is 12.3. The van der Waals surface area contributed by atoms with Crippen LogP contribution in [-0.2, 0) is 0 Å². The van der Waals surface area contributed by atoms with Crippen molar-refractivity contribution < 1.29 is 4.42 Å². The highest BCUT2D eigenvalue weighted by Crippen LogP contribution is 2.41. The van der Waals surface area contributed by atoms with Crippen LogP contribution in [0.25, 0.3) is 92.9 Å². The first-order chi connectivity index (χ1) is 24.2. The lowest BCUT2D eigenvalue weighted by atomic mass is 9.97. The van der Waals surface area contributed by atoms with Gasteiger partial charge in [-0.2, -0.15) is 5.26 Å². The van der Waals surface area contributed by atoms with Crippen LogP contribution in [0.5, 0.6) is 0 Å². The van der Waals surface area contributed by atoms with E-state index in [0.29, 0.717) is 11.3 Å². The van der Waals surface area contributed by atoms with Crippen LogP contribution in [-0.4, -0.2) is 9.13 Å². The molecule has 0 aliphatic carbocycles. The van der Waals surface area contributed by atoms with E-state index in [0.717, 1.165) is 77.3 Å². The molecule has 0 amide bonds. The minimum absolute atomic E-state index is 0.486. The minimum atomic E-state index is 0.486. The highest BCUT2D eigenvalue weighted by molar-refractivity contribution is 6.17. The summed E-state index contributed by atoms with van der Waals surface area (Å²) in [5.41, 5.74) is 10.2. The van der Waals surface area contributed by atoms with Crippen molar-refractivity contribution in [2.45, 2.75) is 0 Å². The smallest absolute Gasteiger partial charge is 0.197 e. The zero-order valence-corrected chi connectivity index (χ0v) is 26.1.